The average Bonchev–Trinajstić information content (AvgIpc) is 2.64. The molecular formula is C21H42O4S2. The summed E-state index contributed by atoms with van der Waals surface area (Å²) in [6.07, 6.45) is 16.8. The fourth-order valence-electron chi connectivity index (χ4n) is 2.99. The summed E-state index contributed by atoms with van der Waals surface area (Å²) in [6.45, 7) is 2.25. The van der Waals surface area contributed by atoms with Crippen molar-refractivity contribution < 1.29 is 17.9 Å². The normalized spacial score (nSPS) is 11.6. The summed E-state index contributed by atoms with van der Waals surface area (Å²) in [7, 11) is -1.57. The van der Waals surface area contributed by atoms with E-state index in [0.29, 0.717) is 23.7 Å². The molecule has 0 atom stereocenters. The lowest BCUT2D eigenvalue weighted by molar-refractivity contribution is -0.140. The maximum absolute atomic E-state index is 12.0. The van der Waals surface area contributed by atoms with Crippen LogP contribution in [-0.2, 0) is 19.4 Å². The van der Waals surface area contributed by atoms with Crippen molar-refractivity contribution in [2.45, 2.75) is 96.8 Å². The largest absolute Gasteiger partial charge is 0.469 e. The molecule has 0 unspecified atom stereocenters. The Kier molecular flexibility index (Phi) is 18.9. The molecule has 0 aromatic heterocycles. The Labute approximate surface area is 172 Å². The number of rotatable bonds is 20. The van der Waals surface area contributed by atoms with E-state index in [2.05, 4.69) is 11.7 Å². The van der Waals surface area contributed by atoms with Gasteiger partial charge in [-0.15, -0.1) is 0 Å². The molecule has 0 aromatic rings. The zero-order valence-corrected chi connectivity index (χ0v) is 19.3. The molecule has 0 saturated heterocycles. The number of hydrogen-bond acceptors (Lipinski definition) is 5. The molecule has 27 heavy (non-hydrogen) atoms. The van der Waals surface area contributed by atoms with E-state index < -0.39 is 9.84 Å². The van der Waals surface area contributed by atoms with Crippen molar-refractivity contribution >= 4 is 27.6 Å². The highest BCUT2D eigenvalue weighted by Gasteiger charge is 2.10. The Bertz CT molecular complexity index is 435. The van der Waals surface area contributed by atoms with Gasteiger partial charge in [-0.25, -0.2) is 8.42 Å². The van der Waals surface area contributed by atoms with Gasteiger partial charge < -0.3 is 4.74 Å². The Morgan fingerprint density at radius 1 is 0.741 bits per heavy atom. The third kappa shape index (κ3) is 20.3. The highest BCUT2D eigenvalue weighted by atomic mass is 32.2. The van der Waals surface area contributed by atoms with Gasteiger partial charge in [-0.2, -0.15) is 11.8 Å². The minimum Gasteiger partial charge on any atom is -0.469 e. The zero-order valence-electron chi connectivity index (χ0n) is 17.7. The van der Waals surface area contributed by atoms with Crippen molar-refractivity contribution in [2.75, 3.05) is 30.1 Å². The molecular weight excluding hydrogens is 380 g/mol. The second-order valence-electron chi connectivity index (χ2n) is 7.33. The Balaban J connectivity index is 3.36. The number of unbranched alkanes of at least 4 members (excludes halogenated alkanes) is 12. The van der Waals surface area contributed by atoms with E-state index in [9.17, 15) is 13.2 Å². The van der Waals surface area contributed by atoms with Crippen LogP contribution in [0.25, 0.3) is 0 Å². The monoisotopic (exact) mass is 422 g/mol. The van der Waals surface area contributed by atoms with Gasteiger partial charge in [0.2, 0.25) is 0 Å². The lowest BCUT2D eigenvalue weighted by atomic mass is 10.1. The van der Waals surface area contributed by atoms with Gasteiger partial charge in [0.25, 0.3) is 0 Å². The van der Waals surface area contributed by atoms with Crippen molar-refractivity contribution in [1.29, 1.82) is 0 Å². The fourth-order valence-corrected chi connectivity index (χ4v) is 5.84. The Hall–Kier alpha value is -0.230. The third-order valence-electron chi connectivity index (χ3n) is 4.78. The van der Waals surface area contributed by atoms with E-state index in [0.717, 1.165) is 19.3 Å². The van der Waals surface area contributed by atoms with Crippen LogP contribution in [0.2, 0.25) is 0 Å². The number of carbonyl (C=O) groups excluding carboxylic acids is 1. The second-order valence-corrected chi connectivity index (χ2v) is 10.9. The highest BCUT2D eigenvalue weighted by molar-refractivity contribution is 8.00. The van der Waals surface area contributed by atoms with Gasteiger partial charge in [0.05, 0.1) is 25.0 Å². The molecule has 162 valence electrons. The van der Waals surface area contributed by atoms with Gasteiger partial charge in [0, 0.05) is 11.5 Å². The van der Waals surface area contributed by atoms with Crippen LogP contribution in [0.3, 0.4) is 0 Å². The van der Waals surface area contributed by atoms with E-state index in [1.807, 2.05) is 0 Å². The molecule has 0 saturated carbocycles. The molecule has 0 spiro atoms. The summed E-state index contributed by atoms with van der Waals surface area (Å²) in [5.74, 6) is 1.48. The molecule has 0 N–H and O–H groups in total. The molecule has 0 heterocycles. The van der Waals surface area contributed by atoms with Gasteiger partial charge in [-0.3, -0.25) is 4.79 Å². The zero-order chi connectivity index (χ0) is 20.2. The van der Waals surface area contributed by atoms with Crippen molar-refractivity contribution in [3.63, 3.8) is 0 Å². The lowest BCUT2D eigenvalue weighted by Gasteiger charge is -2.05. The second kappa shape index (κ2) is 19.1. The van der Waals surface area contributed by atoms with Gasteiger partial charge in [-0.1, -0.05) is 84.0 Å². The average molecular weight is 423 g/mol. The minimum absolute atomic E-state index is 0.219. The molecule has 0 rings (SSSR count). The summed E-state index contributed by atoms with van der Waals surface area (Å²) in [6, 6.07) is 0. The Morgan fingerprint density at radius 2 is 1.22 bits per heavy atom. The van der Waals surface area contributed by atoms with Crippen LogP contribution < -0.4 is 0 Å². The van der Waals surface area contributed by atoms with E-state index in [-0.39, 0.29) is 11.7 Å². The standard InChI is InChI=1S/C21H42O4S2/c1-3-4-5-6-7-8-9-10-11-12-13-14-15-19-27(23,24)20-18-26-17-16-21(22)25-2/h3-20H2,1-2H3. The van der Waals surface area contributed by atoms with Gasteiger partial charge in [0.15, 0.2) is 9.84 Å². The molecule has 0 aliphatic heterocycles. The molecule has 6 heteroatoms. The molecule has 0 aliphatic rings. The topological polar surface area (TPSA) is 60.4 Å². The van der Waals surface area contributed by atoms with Gasteiger partial charge in [0.1, 0.15) is 0 Å². The first-order valence-electron chi connectivity index (χ1n) is 10.9. The summed E-state index contributed by atoms with van der Waals surface area (Å²) < 4.78 is 28.5. The number of carbonyl (C=O) groups is 1. The van der Waals surface area contributed by atoms with Crippen LogP contribution in [0.15, 0.2) is 0 Å². The van der Waals surface area contributed by atoms with E-state index in [1.165, 1.54) is 83.1 Å². The quantitative estimate of drug-likeness (QED) is 0.184. The molecule has 0 radical (unpaired) electrons. The van der Waals surface area contributed by atoms with Crippen LogP contribution in [0, 0.1) is 0 Å². The molecule has 0 bridgehead atoms. The maximum Gasteiger partial charge on any atom is 0.306 e. The number of hydrogen-bond donors (Lipinski definition) is 0. The fraction of sp³-hybridized carbons (Fsp3) is 0.952. The van der Waals surface area contributed by atoms with Crippen LogP contribution >= 0.6 is 11.8 Å². The van der Waals surface area contributed by atoms with Crippen molar-refractivity contribution in [1.82, 2.24) is 0 Å². The van der Waals surface area contributed by atoms with Gasteiger partial charge >= 0.3 is 5.97 Å². The number of ether oxygens (including phenoxy) is 1. The smallest absolute Gasteiger partial charge is 0.306 e. The van der Waals surface area contributed by atoms with Crippen molar-refractivity contribution in [3.8, 4) is 0 Å². The first kappa shape index (κ1) is 26.8. The van der Waals surface area contributed by atoms with E-state index in [4.69, 9.17) is 0 Å². The van der Waals surface area contributed by atoms with Crippen LogP contribution in [0.1, 0.15) is 96.8 Å². The molecule has 4 nitrogen and oxygen atoms in total. The molecule has 0 amide bonds. The number of thioether (sulfide) groups is 1. The summed E-state index contributed by atoms with van der Waals surface area (Å²) in [5, 5.41) is 0. The van der Waals surface area contributed by atoms with E-state index in [1.54, 1.807) is 0 Å². The third-order valence-corrected chi connectivity index (χ3v) is 7.76. The highest BCUT2D eigenvalue weighted by Crippen LogP contribution is 2.13. The minimum atomic E-state index is -2.94. The van der Waals surface area contributed by atoms with Crippen LogP contribution in [0.4, 0.5) is 0 Å². The van der Waals surface area contributed by atoms with Crippen LogP contribution in [-0.4, -0.2) is 44.5 Å². The summed E-state index contributed by atoms with van der Waals surface area (Å²) in [4.78, 5) is 11.0. The van der Waals surface area contributed by atoms with Gasteiger partial charge in [-0.05, 0) is 6.42 Å². The summed E-state index contributed by atoms with van der Waals surface area (Å²) >= 11 is 1.51. The van der Waals surface area contributed by atoms with Crippen molar-refractivity contribution in [2.24, 2.45) is 0 Å². The summed E-state index contributed by atoms with van der Waals surface area (Å²) in [5.41, 5.74) is 0. The molecule has 0 fully saturated rings. The number of sulfone groups is 1. The number of methoxy groups -OCH3 is 1. The first-order chi connectivity index (χ1) is 13.0. The molecule has 0 aliphatic carbocycles. The van der Waals surface area contributed by atoms with Crippen LogP contribution in [0.5, 0.6) is 0 Å². The SMILES string of the molecule is CCCCCCCCCCCCCCCS(=O)(=O)CCSCCC(=O)OC. The maximum atomic E-state index is 12.0. The van der Waals surface area contributed by atoms with E-state index >= 15 is 0 Å². The predicted octanol–water partition coefficient (Wildman–Crippen LogP) is 5.79. The predicted molar refractivity (Wildman–Crippen MR) is 118 cm³/mol. The lowest BCUT2D eigenvalue weighted by Crippen LogP contribution is -2.13. The molecule has 0 aromatic carbocycles. The Morgan fingerprint density at radius 3 is 1.70 bits per heavy atom. The number of esters is 1. The first-order valence-corrected chi connectivity index (χ1v) is 13.8. The van der Waals surface area contributed by atoms with Crippen molar-refractivity contribution in [3.05, 3.63) is 0 Å².